The zero-order valence-corrected chi connectivity index (χ0v) is 18.1. The average molecular weight is 471 g/mol. The Kier molecular flexibility index (Phi) is 7.17. The van der Waals surface area contributed by atoms with E-state index in [-0.39, 0.29) is 16.3 Å². The molecule has 0 spiro atoms. The number of sulfonamides is 1. The van der Waals surface area contributed by atoms with Crippen LogP contribution in [0, 0.1) is 17.1 Å². The largest absolute Gasteiger partial charge is 0.455 e. The van der Waals surface area contributed by atoms with Crippen LogP contribution in [-0.2, 0) is 24.3 Å². The minimum atomic E-state index is -4.06. The number of nitrogens with one attached hydrogen (secondary N) is 1. The molecule has 0 aliphatic heterocycles. The quantitative estimate of drug-likeness (QED) is 0.494. The molecule has 10 nitrogen and oxygen atoms in total. The van der Waals surface area contributed by atoms with Gasteiger partial charge in [-0.25, -0.2) is 17.5 Å². The molecule has 0 unspecified atom stereocenters. The maximum absolute atomic E-state index is 13.0. The Hall–Kier alpha value is -4.08. The van der Waals surface area contributed by atoms with E-state index in [9.17, 15) is 27.7 Å². The van der Waals surface area contributed by atoms with Crippen LogP contribution in [0.4, 0.5) is 10.2 Å². The number of halogens is 1. The third-order valence-electron chi connectivity index (χ3n) is 4.39. The lowest BCUT2D eigenvalue weighted by atomic mass is 10.3. The number of nitriles is 1. The fraction of sp³-hybridized carbons (Fsp3) is 0.143. The molecule has 0 radical (unpaired) electrons. The number of aromatic nitrogens is 2. The number of amides is 1. The summed E-state index contributed by atoms with van der Waals surface area (Å²) >= 11 is 0. The summed E-state index contributed by atoms with van der Waals surface area (Å²) in [7, 11) is -2.91. The summed E-state index contributed by atoms with van der Waals surface area (Å²) in [6, 6.07) is 14.8. The van der Waals surface area contributed by atoms with Crippen LogP contribution in [0.3, 0.4) is 0 Å². The molecular weight excluding hydrogens is 453 g/mol. The first-order chi connectivity index (χ1) is 15.7. The number of likely N-dealkylation sites (N-methyl/N-ethyl adjacent to an activating group) is 1. The van der Waals surface area contributed by atoms with Gasteiger partial charge in [-0.2, -0.15) is 14.7 Å². The van der Waals surface area contributed by atoms with E-state index in [2.05, 4.69) is 10.4 Å². The van der Waals surface area contributed by atoms with Gasteiger partial charge in [-0.1, -0.05) is 18.2 Å². The van der Waals surface area contributed by atoms with Crippen molar-refractivity contribution in [3.8, 4) is 11.8 Å². The number of rotatable bonds is 8. The van der Waals surface area contributed by atoms with E-state index in [4.69, 9.17) is 4.74 Å². The van der Waals surface area contributed by atoms with E-state index in [1.165, 1.54) is 10.9 Å². The maximum atomic E-state index is 13.0. The molecule has 1 aromatic heterocycles. The Morgan fingerprint density at radius 2 is 1.85 bits per heavy atom. The lowest BCUT2D eigenvalue weighted by Gasteiger charge is -2.16. The Labute approximate surface area is 188 Å². The predicted molar refractivity (Wildman–Crippen MR) is 114 cm³/mol. The molecule has 33 heavy (non-hydrogen) atoms. The number of hydrogen-bond acceptors (Lipinski definition) is 7. The summed E-state index contributed by atoms with van der Waals surface area (Å²) in [5, 5.41) is 15.8. The molecule has 1 amide bonds. The van der Waals surface area contributed by atoms with Gasteiger partial charge in [0.1, 0.15) is 24.0 Å². The molecule has 0 atom stereocenters. The summed E-state index contributed by atoms with van der Waals surface area (Å²) in [5.74, 6) is -2.23. The number of benzene rings is 2. The molecule has 0 fully saturated rings. The number of nitrogens with zero attached hydrogens (tertiary/aromatic N) is 4. The van der Waals surface area contributed by atoms with E-state index in [0.717, 1.165) is 35.6 Å². The van der Waals surface area contributed by atoms with Crippen molar-refractivity contribution >= 4 is 27.7 Å². The second kappa shape index (κ2) is 10.0. The van der Waals surface area contributed by atoms with Gasteiger partial charge < -0.3 is 10.1 Å². The zero-order chi connectivity index (χ0) is 24.0. The number of ether oxygens (including phenoxy) is 1. The van der Waals surface area contributed by atoms with Crippen LogP contribution < -0.4 is 5.32 Å². The van der Waals surface area contributed by atoms with E-state index in [1.807, 2.05) is 6.07 Å². The average Bonchev–Trinajstić information content (AvgIpc) is 3.21. The fourth-order valence-electron chi connectivity index (χ4n) is 2.73. The van der Waals surface area contributed by atoms with Crippen molar-refractivity contribution in [3.05, 3.63) is 72.2 Å². The third kappa shape index (κ3) is 5.59. The summed E-state index contributed by atoms with van der Waals surface area (Å²) in [5.41, 5.74) is 0.697. The highest BCUT2D eigenvalue weighted by molar-refractivity contribution is 7.89. The maximum Gasteiger partial charge on any atom is 0.321 e. The number of para-hydroxylation sites is 1. The normalized spacial score (nSPS) is 11.1. The molecule has 0 aliphatic rings. The summed E-state index contributed by atoms with van der Waals surface area (Å²) in [6.45, 7) is -1.38. The molecule has 12 heteroatoms. The van der Waals surface area contributed by atoms with E-state index < -0.39 is 40.9 Å². The molecule has 2 aromatic carbocycles. The molecule has 0 saturated heterocycles. The number of hydrogen-bond donors (Lipinski definition) is 1. The molecule has 0 bridgehead atoms. The number of carbonyl (C=O) groups is 2. The van der Waals surface area contributed by atoms with Crippen molar-refractivity contribution in [1.29, 1.82) is 5.26 Å². The number of anilines is 1. The van der Waals surface area contributed by atoms with Crippen LogP contribution in [0.25, 0.3) is 5.69 Å². The third-order valence-corrected chi connectivity index (χ3v) is 6.20. The molecular formula is C21H18FN5O5S. The first-order valence-electron chi connectivity index (χ1n) is 9.43. The van der Waals surface area contributed by atoms with Crippen LogP contribution in [0.5, 0.6) is 0 Å². The van der Waals surface area contributed by atoms with Crippen LogP contribution >= 0.6 is 0 Å². The second-order valence-electron chi connectivity index (χ2n) is 6.69. The molecule has 3 rings (SSSR count). The lowest BCUT2D eigenvalue weighted by molar-refractivity contribution is -0.147. The van der Waals surface area contributed by atoms with Gasteiger partial charge in [-0.05, 0) is 36.4 Å². The molecule has 170 valence electrons. The van der Waals surface area contributed by atoms with Crippen molar-refractivity contribution in [1.82, 2.24) is 14.1 Å². The van der Waals surface area contributed by atoms with Gasteiger partial charge in [0.2, 0.25) is 10.0 Å². The fourth-order valence-corrected chi connectivity index (χ4v) is 3.84. The molecule has 1 N–H and O–H groups in total. The Bertz CT molecular complexity index is 1300. The van der Waals surface area contributed by atoms with Crippen LogP contribution in [0.1, 0.15) is 5.56 Å². The molecule has 0 saturated carbocycles. The highest BCUT2D eigenvalue weighted by atomic mass is 32.2. The van der Waals surface area contributed by atoms with Gasteiger partial charge in [-0.3, -0.25) is 9.59 Å². The molecule has 1 heterocycles. The summed E-state index contributed by atoms with van der Waals surface area (Å²) in [4.78, 5) is 24.2. The Balaban J connectivity index is 1.60. The first-order valence-corrected chi connectivity index (χ1v) is 10.9. The smallest absolute Gasteiger partial charge is 0.321 e. The topological polar surface area (TPSA) is 134 Å². The van der Waals surface area contributed by atoms with Gasteiger partial charge in [0.25, 0.3) is 5.91 Å². The Morgan fingerprint density at radius 1 is 1.18 bits per heavy atom. The molecule has 0 aliphatic carbocycles. The summed E-state index contributed by atoms with van der Waals surface area (Å²) < 4.78 is 44.9. The SMILES string of the molecule is CN(CC(=O)OCC(=O)Nc1c(C#N)cnn1-c1ccccc1)S(=O)(=O)c1ccc(F)cc1. The Morgan fingerprint density at radius 3 is 2.48 bits per heavy atom. The minimum Gasteiger partial charge on any atom is -0.455 e. The van der Waals surface area contributed by atoms with Gasteiger partial charge in [0.05, 0.1) is 16.8 Å². The zero-order valence-electron chi connectivity index (χ0n) is 17.3. The number of esters is 1. The summed E-state index contributed by atoms with van der Waals surface area (Å²) in [6.07, 6.45) is 1.28. The van der Waals surface area contributed by atoms with Crippen molar-refractivity contribution in [2.75, 3.05) is 25.5 Å². The number of carbonyl (C=O) groups excluding carboxylic acids is 2. The van der Waals surface area contributed by atoms with Crippen molar-refractivity contribution in [3.63, 3.8) is 0 Å². The first kappa shape index (κ1) is 23.6. The van der Waals surface area contributed by atoms with Crippen molar-refractivity contribution < 1.29 is 27.1 Å². The van der Waals surface area contributed by atoms with Crippen LogP contribution in [-0.4, -0.2) is 54.6 Å². The second-order valence-corrected chi connectivity index (χ2v) is 8.73. The monoisotopic (exact) mass is 471 g/mol. The minimum absolute atomic E-state index is 0.0979. The van der Waals surface area contributed by atoms with Crippen LogP contribution in [0.15, 0.2) is 65.7 Å². The van der Waals surface area contributed by atoms with E-state index in [0.29, 0.717) is 5.69 Å². The highest BCUT2D eigenvalue weighted by Crippen LogP contribution is 2.19. The highest BCUT2D eigenvalue weighted by Gasteiger charge is 2.24. The van der Waals surface area contributed by atoms with Gasteiger partial charge >= 0.3 is 5.97 Å². The van der Waals surface area contributed by atoms with Crippen LogP contribution in [0.2, 0.25) is 0 Å². The predicted octanol–water partition coefficient (Wildman–Crippen LogP) is 1.69. The van der Waals surface area contributed by atoms with E-state index in [1.54, 1.807) is 30.3 Å². The van der Waals surface area contributed by atoms with Crippen molar-refractivity contribution in [2.45, 2.75) is 4.90 Å². The van der Waals surface area contributed by atoms with Gasteiger partial charge in [0, 0.05) is 7.05 Å². The standard InChI is InChI=1S/C21H18FN5O5S/c1-26(33(30,31)18-9-7-16(22)8-10-18)13-20(29)32-14-19(28)25-21-15(11-23)12-24-27(21)17-5-3-2-4-6-17/h2-10,12H,13-14H2,1H3,(H,25,28). The van der Waals surface area contributed by atoms with E-state index >= 15 is 0 Å². The van der Waals surface area contributed by atoms with Gasteiger partial charge in [-0.15, -0.1) is 0 Å². The van der Waals surface area contributed by atoms with Crippen molar-refractivity contribution in [2.24, 2.45) is 0 Å². The van der Waals surface area contributed by atoms with Gasteiger partial charge in [0.15, 0.2) is 12.4 Å². The molecule has 3 aromatic rings. The lowest BCUT2D eigenvalue weighted by Crippen LogP contribution is -2.34.